The third-order valence-corrected chi connectivity index (χ3v) is 2.31. The Labute approximate surface area is 115 Å². The Morgan fingerprint density at radius 3 is 2.37 bits per heavy atom. The maximum absolute atomic E-state index is 11.3. The second-order valence-corrected chi connectivity index (χ2v) is 5.41. The van der Waals surface area contributed by atoms with Crippen molar-refractivity contribution < 1.29 is 19.1 Å². The average Bonchev–Trinajstić information content (AvgIpc) is 2.29. The summed E-state index contributed by atoms with van der Waals surface area (Å²) in [6.07, 6.45) is 0.786. The quantitative estimate of drug-likeness (QED) is 0.561. The van der Waals surface area contributed by atoms with Crippen LogP contribution < -0.4 is 5.32 Å². The number of methoxy groups -OCH3 is 1. The van der Waals surface area contributed by atoms with Crippen LogP contribution in [0.25, 0.3) is 0 Å². The number of amides is 1. The van der Waals surface area contributed by atoms with Crippen LogP contribution in [0, 0.1) is 0 Å². The number of hydrogen-bond acceptors (Lipinski definition) is 5. The van der Waals surface area contributed by atoms with Gasteiger partial charge in [-0.05, 0) is 40.8 Å². The van der Waals surface area contributed by atoms with Crippen molar-refractivity contribution in [2.24, 2.45) is 0 Å². The summed E-state index contributed by atoms with van der Waals surface area (Å²) in [6.45, 7) is 7.48. The van der Waals surface area contributed by atoms with Crippen LogP contribution in [0.1, 0.15) is 33.6 Å². The minimum absolute atomic E-state index is 0.210. The molecule has 0 atom stereocenters. The van der Waals surface area contributed by atoms with Crippen molar-refractivity contribution in [2.45, 2.75) is 39.2 Å². The highest BCUT2D eigenvalue weighted by Crippen LogP contribution is 2.06. The lowest BCUT2D eigenvalue weighted by Crippen LogP contribution is -2.34. The minimum Gasteiger partial charge on any atom is -0.469 e. The first-order chi connectivity index (χ1) is 8.74. The number of nitrogens with zero attached hydrogens (tertiary/aromatic N) is 1. The first kappa shape index (κ1) is 17.7. The standard InChI is InChI=1S/C13H26N2O4/c1-13(2,3)19-12(17)14-8-6-9-15(4)10-7-11(16)18-5/h6-10H2,1-5H3,(H,14,17). The first-order valence-corrected chi connectivity index (χ1v) is 6.47. The van der Waals surface area contributed by atoms with Gasteiger partial charge in [-0.25, -0.2) is 4.79 Å². The number of carbonyl (C=O) groups excluding carboxylic acids is 2. The molecule has 0 aromatic rings. The van der Waals surface area contributed by atoms with Crippen LogP contribution in [0.15, 0.2) is 0 Å². The molecular formula is C13H26N2O4. The van der Waals surface area contributed by atoms with Crippen LogP contribution in [0.4, 0.5) is 4.79 Å². The van der Waals surface area contributed by atoms with Crippen molar-refractivity contribution in [1.29, 1.82) is 0 Å². The van der Waals surface area contributed by atoms with E-state index in [-0.39, 0.29) is 5.97 Å². The van der Waals surface area contributed by atoms with Gasteiger partial charge in [-0.2, -0.15) is 0 Å². The molecule has 0 aromatic heterocycles. The predicted octanol–water partition coefficient (Wildman–Crippen LogP) is 1.40. The third kappa shape index (κ3) is 11.5. The Bertz CT molecular complexity index is 287. The van der Waals surface area contributed by atoms with Gasteiger partial charge in [0.2, 0.25) is 0 Å². The molecule has 0 saturated heterocycles. The van der Waals surface area contributed by atoms with Crippen LogP contribution in [0.5, 0.6) is 0 Å². The molecule has 0 aliphatic carbocycles. The lowest BCUT2D eigenvalue weighted by atomic mass is 10.2. The molecule has 0 aliphatic rings. The number of alkyl carbamates (subject to hydrolysis) is 1. The molecule has 6 nitrogen and oxygen atoms in total. The van der Waals surface area contributed by atoms with Crippen molar-refractivity contribution in [3.8, 4) is 0 Å². The molecule has 1 amide bonds. The smallest absolute Gasteiger partial charge is 0.407 e. The third-order valence-electron chi connectivity index (χ3n) is 2.31. The Hall–Kier alpha value is -1.30. The maximum atomic E-state index is 11.3. The predicted molar refractivity (Wildman–Crippen MR) is 73.0 cm³/mol. The maximum Gasteiger partial charge on any atom is 0.407 e. The van der Waals surface area contributed by atoms with Gasteiger partial charge in [0.15, 0.2) is 0 Å². The van der Waals surface area contributed by atoms with Crippen LogP contribution in [-0.4, -0.2) is 56.4 Å². The van der Waals surface area contributed by atoms with E-state index in [4.69, 9.17) is 4.74 Å². The highest BCUT2D eigenvalue weighted by Gasteiger charge is 2.15. The molecule has 0 aromatic carbocycles. The Balaban J connectivity index is 3.58. The second kappa shape index (κ2) is 8.74. The molecule has 0 spiro atoms. The van der Waals surface area contributed by atoms with E-state index in [2.05, 4.69) is 10.1 Å². The van der Waals surface area contributed by atoms with Crippen molar-refractivity contribution in [3.05, 3.63) is 0 Å². The molecule has 0 heterocycles. The minimum atomic E-state index is -0.471. The number of ether oxygens (including phenoxy) is 2. The van der Waals surface area contributed by atoms with Gasteiger partial charge in [0.05, 0.1) is 13.5 Å². The molecule has 0 fully saturated rings. The summed E-state index contributed by atoms with van der Waals surface area (Å²) < 4.78 is 9.68. The van der Waals surface area contributed by atoms with Gasteiger partial charge in [-0.1, -0.05) is 0 Å². The van der Waals surface area contributed by atoms with Crippen molar-refractivity contribution in [3.63, 3.8) is 0 Å². The van der Waals surface area contributed by atoms with Crippen LogP contribution >= 0.6 is 0 Å². The summed E-state index contributed by atoms with van der Waals surface area (Å²) in [5.74, 6) is -0.210. The number of rotatable bonds is 7. The van der Waals surface area contributed by atoms with E-state index in [1.165, 1.54) is 7.11 Å². The zero-order valence-electron chi connectivity index (χ0n) is 12.6. The molecular weight excluding hydrogens is 248 g/mol. The van der Waals surface area contributed by atoms with Gasteiger partial charge in [-0.3, -0.25) is 4.79 Å². The Morgan fingerprint density at radius 1 is 1.21 bits per heavy atom. The van der Waals surface area contributed by atoms with Crippen LogP contribution in [-0.2, 0) is 14.3 Å². The van der Waals surface area contributed by atoms with Gasteiger partial charge in [0.1, 0.15) is 5.60 Å². The van der Waals surface area contributed by atoms with E-state index in [1.807, 2.05) is 32.7 Å². The Morgan fingerprint density at radius 2 is 1.84 bits per heavy atom. The molecule has 6 heteroatoms. The summed E-state index contributed by atoms with van der Waals surface area (Å²) in [5.41, 5.74) is -0.471. The fraction of sp³-hybridized carbons (Fsp3) is 0.846. The fourth-order valence-corrected chi connectivity index (χ4v) is 1.35. The second-order valence-electron chi connectivity index (χ2n) is 5.41. The lowest BCUT2D eigenvalue weighted by Gasteiger charge is -2.20. The van der Waals surface area contributed by atoms with E-state index < -0.39 is 11.7 Å². The summed E-state index contributed by atoms with van der Waals surface area (Å²) >= 11 is 0. The number of carbonyl (C=O) groups is 2. The molecule has 0 radical (unpaired) electrons. The van der Waals surface area contributed by atoms with Gasteiger partial charge < -0.3 is 19.7 Å². The largest absolute Gasteiger partial charge is 0.469 e. The molecule has 0 unspecified atom stereocenters. The molecule has 112 valence electrons. The summed E-state index contributed by atoms with van der Waals surface area (Å²) in [5, 5.41) is 2.69. The van der Waals surface area contributed by atoms with Gasteiger partial charge in [-0.15, -0.1) is 0 Å². The fourth-order valence-electron chi connectivity index (χ4n) is 1.35. The van der Waals surface area contributed by atoms with E-state index in [0.717, 1.165) is 13.0 Å². The van der Waals surface area contributed by atoms with Gasteiger partial charge in [0, 0.05) is 13.1 Å². The zero-order chi connectivity index (χ0) is 14.9. The van der Waals surface area contributed by atoms with Gasteiger partial charge in [0.25, 0.3) is 0 Å². The number of nitrogens with one attached hydrogen (secondary N) is 1. The van der Waals surface area contributed by atoms with Crippen molar-refractivity contribution >= 4 is 12.1 Å². The van der Waals surface area contributed by atoms with Crippen LogP contribution in [0.2, 0.25) is 0 Å². The van der Waals surface area contributed by atoms with E-state index in [1.54, 1.807) is 0 Å². The average molecular weight is 274 g/mol. The molecule has 1 N–H and O–H groups in total. The molecule has 19 heavy (non-hydrogen) atoms. The monoisotopic (exact) mass is 274 g/mol. The summed E-state index contributed by atoms with van der Waals surface area (Å²) in [7, 11) is 3.31. The van der Waals surface area contributed by atoms with Crippen molar-refractivity contribution in [2.75, 3.05) is 33.8 Å². The molecule has 0 saturated carbocycles. The molecule has 0 bridgehead atoms. The van der Waals surface area contributed by atoms with Crippen LogP contribution in [0.3, 0.4) is 0 Å². The van der Waals surface area contributed by atoms with Gasteiger partial charge >= 0.3 is 12.1 Å². The van der Waals surface area contributed by atoms with E-state index in [9.17, 15) is 9.59 Å². The summed E-state index contributed by atoms with van der Waals surface area (Å²) in [4.78, 5) is 24.3. The summed E-state index contributed by atoms with van der Waals surface area (Å²) in [6, 6.07) is 0. The number of esters is 1. The van der Waals surface area contributed by atoms with Crippen molar-refractivity contribution in [1.82, 2.24) is 10.2 Å². The highest BCUT2D eigenvalue weighted by molar-refractivity contribution is 5.69. The first-order valence-electron chi connectivity index (χ1n) is 6.47. The van der Waals surface area contributed by atoms with E-state index in [0.29, 0.717) is 19.5 Å². The molecule has 0 aliphatic heterocycles. The topological polar surface area (TPSA) is 67.9 Å². The molecule has 0 rings (SSSR count). The lowest BCUT2D eigenvalue weighted by molar-refractivity contribution is -0.140. The zero-order valence-corrected chi connectivity index (χ0v) is 12.6. The Kier molecular flexibility index (Phi) is 8.14. The SMILES string of the molecule is COC(=O)CCN(C)CCCNC(=O)OC(C)(C)C. The normalized spacial score (nSPS) is 11.3. The highest BCUT2D eigenvalue weighted by atomic mass is 16.6. The van der Waals surface area contributed by atoms with E-state index >= 15 is 0 Å². The number of hydrogen-bond donors (Lipinski definition) is 1.